The van der Waals surface area contributed by atoms with E-state index in [0.717, 1.165) is 54.7 Å². The van der Waals surface area contributed by atoms with Crippen molar-refractivity contribution in [3.05, 3.63) is 65.7 Å². The molecule has 100 heavy (non-hydrogen) atoms. The van der Waals surface area contributed by atoms with E-state index in [1.807, 2.05) is 6.92 Å². The standard InChI is InChI=1S/C71H112N6O22S/c1-4-5-30-60(69(88)77(3)63(48-67(85)86)70(89)76(2)62(68(72)87)46-53-26-21-20-22-27-53)75-50-64(81)61(45-54-32-35-59(36-33-54)99-100(92,93)94)74-49-58(80)52-98-43-41-95-39-25-29-57(79)51-97-44-42-96-40-38-73-65(82)37-34-55(71(90)91)47-56(78)28-23-18-16-14-12-10-8-6-7-9-11-13-15-17-19-24-31-66(83)84/h20-22,26-27,32-33,35-36,55,60-63,74-75H,4-19,23-25,28-31,34,37-52H2,1-3H3,(H2,72,87)(H,73,82)(H,83,84)(H,85,86)(H,90,91)(H,92,93,94)/t55-,60+,61+,62+,63-/m1/s1. The molecule has 0 fully saturated rings. The molecule has 0 bridgehead atoms. The Morgan fingerprint density at radius 2 is 1.01 bits per heavy atom. The Bertz CT molecular complexity index is 2870. The van der Waals surface area contributed by atoms with Crippen LogP contribution in [-0.4, -0.2) is 214 Å². The third kappa shape index (κ3) is 43.5. The summed E-state index contributed by atoms with van der Waals surface area (Å²) in [6.45, 7) is 1.53. The lowest BCUT2D eigenvalue weighted by molar-refractivity contribution is -0.152. The van der Waals surface area contributed by atoms with E-state index in [0.29, 0.717) is 36.8 Å². The van der Waals surface area contributed by atoms with Crippen LogP contribution in [0, 0.1) is 5.92 Å². The van der Waals surface area contributed by atoms with Gasteiger partial charge in [-0.15, -0.1) is 0 Å². The zero-order chi connectivity index (χ0) is 73.9. The Kier molecular flexibility index (Phi) is 47.8. The maximum Gasteiger partial charge on any atom is 0.446 e. The van der Waals surface area contributed by atoms with Crippen molar-refractivity contribution in [1.29, 1.82) is 0 Å². The van der Waals surface area contributed by atoms with Gasteiger partial charge >= 0.3 is 28.3 Å². The van der Waals surface area contributed by atoms with Crippen molar-refractivity contribution in [2.45, 2.75) is 217 Å². The van der Waals surface area contributed by atoms with Crippen LogP contribution in [0.25, 0.3) is 0 Å². The summed E-state index contributed by atoms with van der Waals surface area (Å²) in [6.07, 6.45) is 19.2. The van der Waals surface area contributed by atoms with Gasteiger partial charge in [0.25, 0.3) is 0 Å². The van der Waals surface area contributed by atoms with Gasteiger partial charge < -0.3 is 64.6 Å². The average molecular weight is 1430 g/mol. The van der Waals surface area contributed by atoms with Crippen LogP contribution in [-0.2, 0) is 94.9 Å². The van der Waals surface area contributed by atoms with Gasteiger partial charge in [-0.3, -0.25) is 62.6 Å². The zero-order valence-corrected chi connectivity index (χ0v) is 59.7. The molecule has 0 saturated heterocycles. The van der Waals surface area contributed by atoms with E-state index in [-0.39, 0.29) is 141 Å². The minimum Gasteiger partial charge on any atom is -0.481 e. The predicted octanol–water partition coefficient (Wildman–Crippen LogP) is 6.59. The van der Waals surface area contributed by atoms with Gasteiger partial charge in [0, 0.05) is 65.8 Å². The maximum atomic E-state index is 14.2. The molecule has 0 aliphatic rings. The number of carboxylic acids is 3. The van der Waals surface area contributed by atoms with Crippen LogP contribution in [0.3, 0.4) is 0 Å². The van der Waals surface area contributed by atoms with Crippen LogP contribution >= 0.6 is 0 Å². The van der Waals surface area contributed by atoms with Crippen LogP contribution in [0.1, 0.15) is 191 Å². The highest BCUT2D eigenvalue weighted by molar-refractivity contribution is 7.81. The number of unbranched alkanes of at least 4 members (excludes halogenated alkanes) is 16. The van der Waals surface area contributed by atoms with Gasteiger partial charge in [0.05, 0.1) is 70.5 Å². The van der Waals surface area contributed by atoms with Crippen molar-refractivity contribution in [2.24, 2.45) is 11.7 Å². The number of nitrogens with one attached hydrogen (secondary N) is 3. The fourth-order valence-corrected chi connectivity index (χ4v) is 11.3. The fourth-order valence-electron chi connectivity index (χ4n) is 11.0. The Balaban J connectivity index is 1.69. The molecule has 0 saturated carbocycles. The van der Waals surface area contributed by atoms with E-state index in [4.69, 9.17) is 34.3 Å². The highest BCUT2D eigenvalue weighted by Crippen LogP contribution is 2.21. The number of aliphatic carboxylic acids is 3. The van der Waals surface area contributed by atoms with E-state index < -0.39 is 101 Å². The zero-order valence-electron chi connectivity index (χ0n) is 58.9. The largest absolute Gasteiger partial charge is 0.481 e. The van der Waals surface area contributed by atoms with Crippen LogP contribution in [0.15, 0.2) is 54.6 Å². The lowest BCUT2D eigenvalue weighted by atomic mass is 9.94. The summed E-state index contributed by atoms with van der Waals surface area (Å²) in [5.74, 6) is -8.36. The number of carboxylic acid groups (broad SMARTS) is 3. The van der Waals surface area contributed by atoms with E-state index in [9.17, 15) is 71.4 Å². The minimum atomic E-state index is -4.83. The lowest BCUT2D eigenvalue weighted by Gasteiger charge is -2.35. The van der Waals surface area contributed by atoms with Crippen molar-refractivity contribution in [1.82, 2.24) is 25.8 Å². The Labute approximate surface area is 589 Å². The van der Waals surface area contributed by atoms with Gasteiger partial charge in [0.1, 0.15) is 36.8 Å². The van der Waals surface area contributed by atoms with Gasteiger partial charge in [-0.1, -0.05) is 152 Å². The first-order chi connectivity index (χ1) is 47.8. The molecule has 4 amide bonds. The SMILES string of the molecule is CCCC[C@H](NCC(=O)[C@H](Cc1ccc(OS(=O)(=O)O)cc1)NCC(=O)COCCOCCCC(=O)COCCOCCNC(=O)CC[C@H](CC(=O)CCCCCCCCCCCCCCCCCCC(=O)O)C(=O)O)C(=O)N(C)[C@H](CC(=O)O)C(=O)N(C)[C@@H](Cc1ccccc1)C(N)=O. The van der Waals surface area contributed by atoms with Crippen molar-refractivity contribution >= 4 is 75.1 Å². The summed E-state index contributed by atoms with van der Waals surface area (Å²) in [6, 6.07) is 9.14. The van der Waals surface area contributed by atoms with Gasteiger partial charge in [-0.25, -0.2) is 0 Å². The number of ether oxygens (including phenoxy) is 4. The molecule has 2 rings (SSSR count). The number of hydrogen-bond acceptors (Lipinski definition) is 20. The summed E-state index contributed by atoms with van der Waals surface area (Å²) in [5.41, 5.74) is 6.87. The third-order valence-electron chi connectivity index (χ3n) is 16.8. The summed E-state index contributed by atoms with van der Waals surface area (Å²) in [5, 5.41) is 36.8. The molecule has 0 aliphatic carbocycles. The van der Waals surface area contributed by atoms with Crippen molar-refractivity contribution in [3.63, 3.8) is 0 Å². The minimum absolute atomic E-state index is 0.0221. The summed E-state index contributed by atoms with van der Waals surface area (Å²) >= 11 is 0. The molecule has 28 nitrogen and oxygen atoms in total. The lowest BCUT2D eigenvalue weighted by Crippen LogP contribution is -2.58. The number of likely N-dealkylation sites (N-methyl/N-ethyl adjacent to an activating group) is 2. The summed E-state index contributed by atoms with van der Waals surface area (Å²) in [7, 11) is -2.27. The molecule has 2 aromatic rings. The molecule has 0 unspecified atom stereocenters. The topological polar surface area (TPSA) is 418 Å². The number of carbonyl (C=O) groups is 11. The number of carbonyl (C=O) groups excluding carboxylic acids is 8. The molecule has 0 radical (unpaired) electrons. The average Bonchev–Trinajstić information content (AvgIpc) is 0.824. The normalized spacial score (nSPS) is 12.9. The number of Topliss-reactive ketones (excluding diaryl/α,β-unsaturated/α-hetero) is 4. The quantitative estimate of drug-likeness (QED) is 0.0256. The van der Waals surface area contributed by atoms with E-state index >= 15 is 0 Å². The number of rotatable bonds is 65. The Morgan fingerprint density at radius 1 is 0.500 bits per heavy atom. The van der Waals surface area contributed by atoms with Crippen LogP contribution in [0.5, 0.6) is 5.75 Å². The fraction of sp³-hybridized carbons (Fsp3) is 0.676. The summed E-state index contributed by atoms with van der Waals surface area (Å²) in [4.78, 5) is 142. The molecule has 29 heteroatoms. The molecule has 564 valence electrons. The number of nitrogens with zero attached hydrogens (tertiary/aromatic N) is 2. The number of primary amides is 1. The molecule has 9 N–H and O–H groups in total. The number of benzene rings is 2. The van der Waals surface area contributed by atoms with Crippen LogP contribution < -0.4 is 25.9 Å². The highest BCUT2D eigenvalue weighted by atomic mass is 32.3. The maximum absolute atomic E-state index is 14.2. The van der Waals surface area contributed by atoms with Crippen molar-refractivity contribution in [3.8, 4) is 5.75 Å². The van der Waals surface area contributed by atoms with Gasteiger partial charge in [0.15, 0.2) is 17.3 Å². The molecule has 2 aromatic carbocycles. The second kappa shape index (κ2) is 53.7. The first-order valence-corrected chi connectivity index (χ1v) is 36.6. The molecule has 0 aromatic heterocycles. The van der Waals surface area contributed by atoms with Crippen molar-refractivity contribution in [2.75, 3.05) is 86.6 Å². The molecular weight excluding hydrogens is 1320 g/mol. The number of hydrogen-bond donors (Lipinski definition) is 8. The first kappa shape index (κ1) is 89.0. The first-order valence-electron chi connectivity index (χ1n) is 35.2. The third-order valence-corrected chi connectivity index (χ3v) is 17.2. The predicted molar refractivity (Wildman–Crippen MR) is 371 cm³/mol. The summed E-state index contributed by atoms with van der Waals surface area (Å²) < 4.78 is 58.1. The number of amides is 4. The second-order valence-electron chi connectivity index (χ2n) is 25.2. The number of ketones is 4. The van der Waals surface area contributed by atoms with Gasteiger partial charge in [-0.2, -0.15) is 8.42 Å². The smallest absolute Gasteiger partial charge is 0.446 e. The molecule has 5 atom stereocenters. The van der Waals surface area contributed by atoms with Crippen molar-refractivity contribution < 1.29 is 104 Å². The molecule has 0 heterocycles. The Morgan fingerprint density at radius 3 is 1.55 bits per heavy atom. The van der Waals surface area contributed by atoms with Gasteiger partial charge in [-0.05, 0) is 61.8 Å². The second-order valence-corrected chi connectivity index (χ2v) is 26.2. The Hall–Kier alpha value is -7.12. The van der Waals surface area contributed by atoms with Crippen LogP contribution in [0.4, 0.5) is 0 Å². The number of nitrogens with two attached hydrogens (primary N) is 1. The van der Waals surface area contributed by atoms with E-state index in [1.54, 1.807) is 30.3 Å². The van der Waals surface area contributed by atoms with E-state index in [2.05, 4.69) is 20.1 Å². The molecular formula is C71H112N6O22S. The van der Waals surface area contributed by atoms with Gasteiger partial charge in [0.2, 0.25) is 23.6 Å². The van der Waals surface area contributed by atoms with E-state index in [1.165, 1.54) is 96.1 Å². The van der Waals surface area contributed by atoms with Crippen LogP contribution in [0.2, 0.25) is 0 Å². The monoisotopic (exact) mass is 1430 g/mol. The highest BCUT2D eigenvalue weighted by Gasteiger charge is 2.38. The molecule has 0 spiro atoms. The molecule has 0 aliphatic heterocycles.